The van der Waals surface area contributed by atoms with Gasteiger partial charge in [0.2, 0.25) is 5.91 Å². The van der Waals surface area contributed by atoms with Crippen LogP contribution in [-0.4, -0.2) is 30.5 Å². The Labute approximate surface area is 93.8 Å². The maximum absolute atomic E-state index is 11.8. The minimum Gasteiger partial charge on any atom is -0.342 e. The van der Waals surface area contributed by atoms with Crippen LogP contribution in [0, 0.1) is 5.92 Å². The van der Waals surface area contributed by atoms with Crippen LogP contribution in [0.25, 0.3) is 0 Å². The summed E-state index contributed by atoms with van der Waals surface area (Å²) in [4.78, 5) is 27.8. The number of carbonyl (C=O) groups is 2. The molecular formula is C10H17N3O3. The molecule has 1 aliphatic carbocycles. The molecule has 2 fully saturated rings. The highest BCUT2D eigenvalue weighted by Gasteiger charge is 2.31. The fourth-order valence-corrected chi connectivity index (χ4v) is 2.21. The number of hydrogen-bond donors (Lipinski definition) is 3. The van der Waals surface area contributed by atoms with Gasteiger partial charge in [0, 0.05) is 12.0 Å². The number of carbonyl (C=O) groups excluding carboxylic acids is 2. The van der Waals surface area contributed by atoms with Gasteiger partial charge in [0.05, 0.1) is 0 Å². The molecule has 0 radical (unpaired) electrons. The first-order valence-corrected chi connectivity index (χ1v) is 5.64. The third-order valence-electron chi connectivity index (χ3n) is 3.14. The van der Waals surface area contributed by atoms with Crippen LogP contribution in [-0.2, 0) is 14.4 Å². The summed E-state index contributed by atoms with van der Waals surface area (Å²) in [6.07, 6.45) is 3.53. The van der Waals surface area contributed by atoms with Gasteiger partial charge in [0.1, 0.15) is 12.6 Å². The Bertz CT molecular complexity index is 295. The van der Waals surface area contributed by atoms with Crippen molar-refractivity contribution in [2.24, 2.45) is 11.7 Å². The van der Waals surface area contributed by atoms with Crippen LogP contribution in [0.3, 0.4) is 0 Å². The topological polar surface area (TPSA) is 93.5 Å². The van der Waals surface area contributed by atoms with Crippen LogP contribution in [0.1, 0.15) is 25.7 Å². The Morgan fingerprint density at radius 3 is 2.94 bits per heavy atom. The van der Waals surface area contributed by atoms with Gasteiger partial charge in [-0.15, -0.1) is 0 Å². The number of nitrogens with one attached hydrogen (secondary N) is 2. The van der Waals surface area contributed by atoms with E-state index in [1.165, 1.54) is 0 Å². The molecule has 6 heteroatoms. The summed E-state index contributed by atoms with van der Waals surface area (Å²) in [5.41, 5.74) is 8.02. The Kier molecular flexibility index (Phi) is 3.40. The molecule has 6 nitrogen and oxygen atoms in total. The molecule has 3 atom stereocenters. The second-order valence-electron chi connectivity index (χ2n) is 4.46. The molecule has 0 aromatic rings. The molecule has 0 aromatic heterocycles. The van der Waals surface area contributed by atoms with Crippen molar-refractivity contribution >= 4 is 11.8 Å². The predicted octanol–water partition coefficient (Wildman–Crippen LogP) is -0.950. The second-order valence-corrected chi connectivity index (χ2v) is 4.46. The summed E-state index contributed by atoms with van der Waals surface area (Å²) in [7, 11) is 0. The van der Waals surface area contributed by atoms with Gasteiger partial charge in [-0.3, -0.25) is 14.4 Å². The van der Waals surface area contributed by atoms with Crippen molar-refractivity contribution in [3.05, 3.63) is 0 Å². The van der Waals surface area contributed by atoms with Crippen LogP contribution >= 0.6 is 0 Å². The fraction of sp³-hybridized carbons (Fsp3) is 0.800. The highest BCUT2D eigenvalue weighted by atomic mass is 16.7. The molecular weight excluding hydrogens is 210 g/mol. The van der Waals surface area contributed by atoms with E-state index in [1.54, 1.807) is 0 Å². The fourth-order valence-electron chi connectivity index (χ4n) is 2.21. The molecule has 1 saturated carbocycles. The quantitative estimate of drug-likeness (QED) is 0.567. The predicted molar refractivity (Wildman–Crippen MR) is 56.0 cm³/mol. The number of nitrogens with two attached hydrogens (primary N) is 1. The van der Waals surface area contributed by atoms with Gasteiger partial charge in [-0.1, -0.05) is 6.42 Å². The Morgan fingerprint density at radius 2 is 2.31 bits per heavy atom. The van der Waals surface area contributed by atoms with Crippen LogP contribution in [0.2, 0.25) is 0 Å². The van der Waals surface area contributed by atoms with E-state index in [0.29, 0.717) is 6.42 Å². The molecule has 1 aliphatic heterocycles. The zero-order chi connectivity index (χ0) is 11.5. The monoisotopic (exact) mass is 227 g/mol. The molecule has 1 saturated heterocycles. The molecule has 0 bridgehead atoms. The van der Waals surface area contributed by atoms with Gasteiger partial charge >= 0.3 is 0 Å². The first-order valence-electron chi connectivity index (χ1n) is 5.64. The number of amides is 2. The van der Waals surface area contributed by atoms with E-state index in [2.05, 4.69) is 10.8 Å². The number of rotatable bonds is 2. The van der Waals surface area contributed by atoms with Crippen molar-refractivity contribution in [2.75, 3.05) is 6.61 Å². The van der Waals surface area contributed by atoms with Gasteiger partial charge in [0.15, 0.2) is 0 Å². The zero-order valence-electron chi connectivity index (χ0n) is 9.07. The van der Waals surface area contributed by atoms with Gasteiger partial charge < -0.3 is 11.1 Å². The van der Waals surface area contributed by atoms with Crippen LogP contribution in [0.15, 0.2) is 0 Å². The first-order chi connectivity index (χ1) is 7.66. The summed E-state index contributed by atoms with van der Waals surface area (Å²) >= 11 is 0. The van der Waals surface area contributed by atoms with E-state index < -0.39 is 6.04 Å². The number of hydrogen-bond acceptors (Lipinski definition) is 4. The van der Waals surface area contributed by atoms with E-state index in [-0.39, 0.29) is 30.4 Å². The average Bonchev–Trinajstić information content (AvgIpc) is 2.64. The molecule has 2 aliphatic rings. The van der Waals surface area contributed by atoms with Crippen molar-refractivity contribution in [1.29, 1.82) is 0 Å². The van der Waals surface area contributed by atoms with Gasteiger partial charge in [-0.25, -0.2) is 5.48 Å². The lowest BCUT2D eigenvalue weighted by atomic mass is 9.85. The van der Waals surface area contributed by atoms with Crippen molar-refractivity contribution in [3.63, 3.8) is 0 Å². The minimum atomic E-state index is -0.550. The maximum atomic E-state index is 11.8. The van der Waals surface area contributed by atoms with E-state index >= 15 is 0 Å². The lowest BCUT2D eigenvalue weighted by Gasteiger charge is -2.26. The second kappa shape index (κ2) is 4.80. The largest absolute Gasteiger partial charge is 0.342 e. The molecule has 2 amide bonds. The Balaban J connectivity index is 1.85. The van der Waals surface area contributed by atoms with E-state index in [9.17, 15) is 9.59 Å². The Morgan fingerprint density at radius 1 is 1.50 bits per heavy atom. The van der Waals surface area contributed by atoms with Crippen molar-refractivity contribution in [1.82, 2.24) is 10.8 Å². The third-order valence-corrected chi connectivity index (χ3v) is 3.14. The molecule has 0 aromatic carbocycles. The molecule has 1 heterocycles. The van der Waals surface area contributed by atoms with Crippen LogP contribution in [0.5, 0.6) is 0 Å². The molecule has 90 valence electrons. The van der Waals surface area contributed by atoms with Crippen LogP contribution in [0.4, 0.5) is 0 Å². The highest BCUT2D eigenvalue weighted by molar-refractivity contribution is 5.89. The lowest BCUT2D eigenvalue weighted by molar-refractivity contribution is -0.131. The van der Waals surface area contributed by atoms with Crippen molar-refractivity contribution in [3.8, 4) is 0 Å². The smallest absolute Gasteiger partial charge is 0.268 e. The van der Waals surface area contributed by atoms with Crippen molar-refractivity contribution < 1.29 is 14.4 Å². The minimum absolute atomic E-state index is 0.0582. The summed E-state index contributed by atoms with van der Waals surface area (Å²) in [6.45, 7) is 0.198. The summed E-state index contributed by atoms with van der Waals surface area (Å²) in [5.74, 6) is -0.425. The average molecular weight is 227 g/mol. The first kappa shape index (κ1) is 11.3. The molecule has 4 N–H and O–H groups in total. The van der Waals surface area contributed by atoms with Crippen molar-refractivity contribution in [2.45, 2.75) is 37.8 Å². The molecule has 2 rings (SSSR count). The SMILES string of the molecule is NC1CCCC(C(=O)N[C@@H]2CONC2=O)C1. The Hall–Kier alpha value is -1.14. The highest BCUT2D eigenvalue weighted by Crippen LogP contribution is 2.23. The molecule has 0 spiro atoms. The summed E-state index contributed by atoms with van der Waals surface area (Å²) in [5, 5.41) is 2.69. The van der Waals surface area contributed by atoms with E-state index in [0.717, 1.165) is 19.3 Å². The van der Waals surface area contributed by atoms with Gasteiger partial charge in [-0.2, -0.15) is 0 Å². The summed E-state index contributed by atoms with van der Waals surface area (Å²) < 4.78 is 0. The third kappa shape index (κ3) is 2.51. The normalized spacial score (nSPS) is 34.6. The van der Waals surface area contributed by atoms with Gasteiger partial charge in [-0.05, 0) is 19.3 Å². The lowest BCUT2D eigenvalue weighted by Crippen LogP contribution is -2.46. The standard InChI is InChI=1S/C10H17N3O3/c11-7-3-1-2-6(4-7)9(14)12-8-5-16-13-10(8)15/h6-8H,1-5,11H2,(H,12,14)(H,13,15)/t6?,7?,8-/m1/s1. The molecule has 16 heavy (non-hydrogen) atoms. The van der Waals surface area contributed by atoms with Crippen LogP contribution < -0.4 is 16.5 Å². The number of hydroxylamine groups is 1. The maximum Gasteiger partial charge on any atom is 0.268 e. The zero-order valence-corrected chi connectivity index (χ0v) is 9.07. The molecule has 2 unspecified atom stereocenters. The van der Waals surface area contributed by atoms with Gasteiger partial charge in [0.25, 0.3) is 5.91 Å². The summed E-state index contributed by atoms with van der Waals surface area (Å²) in [6, 6.07) is -0.441. The van der Waals surface area contributed by atoms with E-state index in [4.69, 9.17) is 10.6 Å². The van der Waals surface area contributed by atoms with E-state index in [1.807, 2.05) is 0 Å².